The van der Waals surface area contributed by atoms with E-state index < -0.39 is 16.4 Å². The monoisotopic (exact) mass is 443 g/mol. The van der Waals surface area contributed by atoms with Gasteiger partial charge in [0.05, 0.1) is 24.7 Å². The zero-order valence-corrected chi connectivity index (χ0v) is 19.6. The Morgan fingerprint density at radius 3 is 2.10 bits per heavy atom. The highest BCUT2D eigenvalue weighted by atomic mass is 31.2. The van der Waals surface area contributed by atoms with E-state index >= 15 is 0 Å². The molecular formula is C18H30N3O6PSi. The number of rotatable bonds is 13. The third-order valence-corrected chi connectivity index (χ3v) is 9.38. The van der Waals surface area contributed by atoms with Crippen LogP contribution >= 0.6 is 7.60 Å². The van der Waals surface area contributed by atoms with Gasteiger partial charge in [0.2, 0.25) is 0 Å². The zero-order chi connectivity index (χ0) is 21.3. The van der Waals surface area contributed by atoms with Crippen LogP contribution in [0.25, 0.3) is 11.3 Å². The first-order chi connectivity index (χ1) is 14.0. The van der Waals surface area contributed by atoms with Crippen LogP contribution in [-0.4, -0.2) is 58.3 Å². The van der Waals surface area contributed by atoms with E-state index in [1.54, 1.807) is 52.0 Å². The second-order valence-electron chi connectivity index (χ2n) is 6.15. The molecule has 0 aliphatic rings. The fraction of sp³-hybridized carbons (Fsp3) is 0.556. The number of aryl methyl sites for hydroxylation is 1. The van der Waals surface area contributed by atoms with Crippen LogP contribution in [-0.2, 0) is 33.4 Å². The van der Waals surface area contributed by atoms with E-state index in [9.17, 15) is 4.57 Å². The lowest BCUT2D eigenvalue weighted by Crippen LogP contribution is -2.42. The first kappa shape index (κ1) is 23.9. The summed E-state index contributed by atoms with van der Waals surface area (Å²) in [6.07, 6.45) is 2.66. The molecule has 1 aromatic carbocycles. The van der Waals surface area contributed by atoms with Crippen LogP contribution < -0.4 is 5.30 Å². The molecule has 1 aromatic heterocycles. The third kappa shape index (κ3) is 6.05. The summed E-state index contributed by atoms with van der Waals surface area (Å²) in [5.74, 6) is 0. The van der Waals surface area contributed by atoms with Gasteiger partial charge in [0.25, 0.3) is 0 Å². The summed E-state index contributed by atoms with van der Waals surface area (Å²) in [6.45, 7) is 4.87. The molecule has 0 spiro atoms. The lowest BCUT2D eigenvalue weighted by Gasteiger charge is -2.24. The highest BCUT2D eigenvalue weighted by Gasteiger charge is 2.36. The third-order valence-electron chi connectivity index (χ3n) is 4.42. The Kier molecular flexibility index (Phi) is 9.16. The maximum Gasteiger partial charge on any atom is 0.500 e. The van der Waals surface area contributed by atoms with E-state index in [0.717, 1.165) is 17.7 Å². The molecular weight excluding hydrogens is 413 g/mol. The molecule has 0 bridgehead atoms. The molecule has 0 atom stereocenters. The predicted octanol–water partition coefficient (Wildman–Crippen LogP) is 3.10. The van der Waals surface area contributed by atoms with Crippen molar-refractivity contribution < 1.29 is 26.9 Å². The van der Waals surface area contributed by atoms with E-state index in [1.807, 2.05) is 18.3 Å². The summed E-state index contributed by atoms with van der Waals surface area (Å²) in [6, 6.07) is 7.86. The second kappa shape index (κ2) is 11.1. The highest BCUT2D eigenvalue weighted by Crippen LogP contribution is 2.46. The number of aromatic nitrogens is 3. The van der Waals surface area contributed by atoms with Crippen molar-refractivity contribution in [3.63, 3.8) is 0 Å². The van der Waals surface area contributed by atoms with Crippen molar-refractivity contribution >= 4 is 21.7 Å². The maximum absolute atomic E-state index is 12.8. The minimum atomic E-state index is -3.29. The molecule has 9 nitrogen and oxygen atoms in total. The summed E-state index contributed by atoms with van der Waals surface area (Å²) in [5.41, 5.74) is 1.60. The van der Waals surface area contributed by atoms with Gasteiger partial charge in [-0.1, -0.05) is 17.3 Å². The molecule has 2 aromatic rings. The molecule has 1 heterocycles. The average molecular weight is 444 g/mol. The largest absolute Gasteiger partial charge is 0.500 e. The Morgan fingerprint density at radius 1 is 1.00 bits per heavy atom. The molecule has 0 amide bonds. The molecule has 11 heteroatoms. The highest BCUT2D eigenvalue weighted by molar-refractivity contribution is 7.62. The van der Waals surface area contributed by atoms with Gasteiger partial charge in [0.15, 0.2) is 0 Å². The lowest BCUT2D eigenvalue weighted by molar-refractivity contribution is 0.122. The van der Waals surface area contributed by atoms with Crippen LogP contribution in [0.3, 0.4) is 0 Å². The summed E-state index contributed by atoms with van der Waals surface area (Å²) in [5, 5.41) is 8.93. The van der Waals surface area contributed by atoms with Crippen LogP contribution in [0.1, 0.15) is 20.3 Å². The Balaban J connectivity index is 2.04. The van der Waals surface area contributed by atoms with Crippen LogP contribution in [0.2, 0.25) is 6.04 Å². The molecule has 0 unspecified atom stereocenters. The van der Waals surface area contributed by atoms with Gasteiger partial charge in [-0.3, -0.25) is 9.25 Å². The molecule has 0 saturated carbocycles. The fourth-order valence-corrected chi connectivity index (χ4v) is 6.16. The predicted molar refractivity (Wildman–Crippen MR) is 112 cm³/mol. The standard InChI is InChI=1S/C18H30N3O6PSi/c1-6-26-28(22,27-7-2)17-11-9-16(10-12-17)18-15-21(20-19-18)13-8-14-29(23-3,24-4)25-5/h9-12,15H,6-8,13-14H2,1-5H3. The summed E-state index contributed by atoms with van der Waals surface area (Å²) in [4.78, 5) is 0. The number of benzene rings is 1. The molecule has 2 rings (SSSR count). The molecule has 29 heavy (non-hydrogen) atoms. The molecule has 0 N–H and O–H groups in total. The van der Waals surface area contributed by atoms with E-state index in [2.05, 4.69) is 10.3 Å². The van der Waals surface area contributed by atoms with Gasteiger partial charge in [-0.15, -0.1) is 5.10 Å². The minimum absolute atomic E-state index is 0.312. The lowest BCUT2D eigenvalue weighted by atomic mass is 10.2. The van der Waals surface area contributed by atoms with Crippen molar-refractivity contribution in [2.24, 2.45) is 0 Å². The summed E-state index contributed by atoms with van der Waals surface area (Å²) in [7, 11) is -1.06. The molecule has 0 radical (unpaired) electrons. The smallest absolute Gasteiger partial charge is 0.377 e. The van der Waals surface area contributed by atoms with Crippen LogP contribution in [0.5, 0.6) is 0 Å². The van der Waals surface area contributed by atoms with E-state index in [4.69, 9.17) is 22.3 Å². The van der Waals surface area contributed by atoms with Gasteiger partial charge in [-0.2, -0.15) is 0 Å². The Labute approximate surface area is 173 Å². The first-order valence-corrected chi connectivity index (χ1v) is 13.0. The van der Waals surface area contributed by atoms with Crippen molar-refractivity contribution in [2.45, 2.75) is 32.9 Å². The van der Waals surface area contributed by atoms with Crippen LogP contribution in [0.15, 0.2) is 30.5 Å². The summed E-state index contributed by atoms with van der Waals surface area (Å²) >= 11 is 0. The van der Waals surface area contributed by atoms with Gasteiger partial charge in [0, 0.05) is 39.5 Å². The van der Waals surface area contributed by atoms with E-state index in [-0.39, 0.29) is 0 Å². The fourth-order valence-electron chi connectivity index (χ4n) is 2.89. The molecule has 0 aliphatic heterocycles. The molecule has 162 valence electrons. The van der Waals surface area contributed by atoms with Crippen molar-refractivity contribution in [1.82, 2.24) is 15.0 Å². The number of nitrogens with zero attached hydrogens (tertiary/aromatic N) is 3. The first-order valence-electron chi connectivity index (χ1n) is 9.51. The zero-order valence-electron chi connectivity index (χ0n) is 17.7. The molecule has 0 saturated heterocycles. The van der Waals surface area contributed by atoms with Gasteiger partial charge in [-0.05, 0) is 32.4 Å². The van der Waals surface area contributed by atoms with Crippen molar-refractivity contribution in [3.8, 4) is 11.3 Å². The Hall–Kier alpha value is -1.39. The topological polar surface area (TPSA) is 93.9 Å². The van der Waals surface area contributed by atoms with Gasteiger partial charge in [0.1, 0.15) is 5.69 Å². The normalized spacial score (nSPS) is 12.4. The Morgan fingerprint density at radius 2 is 1.59 bits per heavy atom. The quantitative estimate of drug-likeness (QED) is 0.344. The van der Waals surface area contributed by atoms with Crippen LogP contribution in [0.4, 0.5) is 0 Å². The average Bonchev–Trinajstić information content (AvgIpc) is 3.21. The SMILES string of the molecule is CCOP(=O)(OCC)c1ccc(-c2cn(CCC[Si](OC)(OC)OC)nn2)cc1. The minimum Gasteiger partial charge on any atom is -0.377 e. The van der Waals surface area contributed by atoms with Gasteiger partial charge < -0.3 is 22.3 Å². The number of hydrogen-bond donors (Lipinski definition) is 0. The molecule has 0 aliphatic carbocycles. The Bertz CT molecular complexity index is 779. The van der Waals surface area contributed by atoms with Gasteiger partial charge in [-0.25, -0.2) is 0 Å². The van der Waals surface area contributed by atoms with Crippen molar-refractivity contribution in [3.05, 3.63) is 30.5 Å². The van der Waals surface area contributed by atoms with Crippen molar-refractivity contribution in [2.75, 3.05) is 34.5 Å². The van der Waals surface area contributed by atoms with Crippen molar-refractivity contribution in [1.29, 1.82) is 0 Å². The van der Waals surface area contributed by atoms with E-state index in [0.29, 0.717) is 31.1 Å². The molecule has 0 fully saturated rings. The number of hydrogen-bond acceptors (Lipinski definition) is 8. The second-order valence-corrected chi connectivity index (χ2v) is 11.3. The van der Waals surface area contributed by atoms with Gasteiger partial charge >= 0.3 is 16.4 Å². The maximum atomic E-state index is 12.8. The summed E-state index contributed by atoms with van der Waals surface area (Å²) < 4.78 is 41.7. The van der Waals surface area contributed by atoms with Crippen LogP contribution in [0, 0.1) is 0 Å². The van der Waals surface area contributed by atoms with E-state index in [1.165, 1.54) is 0 Å².